The second-order valence-electron chi connectivity index (χ2n) is 20.5. The molecule has 4 saturated heterocycles. The van der Waals surface area contributed by atoms with E-state index in [0.717, 1.165) is 32.1 Å². The molecule has 4 fully saturated rings. The zero-order chi connectivity index (χ0) is 51.8. The quantitative estimate of drug-likeness (QED) is 0.0368. The molecule has 0 spiro atoms. The maximum absolute atomic E-state index is 12.9. The molecule has 0 aromatic heterocycles. The van der Waals surface area contributed by atoms with Crippen LogP contribution in [-0.4, -0.2) is 105 Å². The highest BCUT2D eigenvalue weighted by Gasteiger charge is 2.37. The van der Waals surface area contributed by atoms with Crippen LogP contribution >= 0.6 is 0 Å². The average molecular weight is 1030 g/mol. The Hall–Kier alpha value is -4.85. The maximum Gasteiger partial charge on any atom is 0.319 e. The molecule has 0 aliphatic carbocycles. The van der Waals surface area contributed by atoms with E-state index in [1.54, 1.807) is 48.5 Å². The van der Waals surface area contributed by atoms with Crippen molar-refractivity contribution < 1.29 is 68.2 Å². The van der Waals surface area contributed by atoms with Crippen molar-refractivity contribution >= 4 is 11.7 Å². The summed E-state index contributed by atoms with van der Waals surface area (Å²) in [7, 11) is 0. The Bertz CT molecular complexity index is 2310. The van der Waals surface area contributed by atoms with Gasteiger partial charge < -0.3 is 74.1 Å². The fraction of sp³-hybridized carbons (Fsp3) is 0.569. The van der Waals surface area contributed by atoms with E-state index in [2.05, 4.69) is 17.6 Å². The molecule has 14 atom stereocenters. The van der Waals surface area contributed by atoms with Gasteiger partial charge in [-0.1, -0.05) is 79.7 Å². The Morgan fingerprint density at radius 3 is 1.45 bits per heavy atom. The van der Waals surface area contributed by atoms with Crippen LogP contribution in [0.2, 0.25) is 0 Å². The number of carbonyl (C=O) groups excluding carboxylic acids is 1. The van der Waals surface area contributed by atoms with Gasteiger partial charge in [0.05, 0.1) is 67.6 Å². The number of aliphatic hydroxyl groups is 2. The summed E-state index contributed by atoms with van der Waals surface area (Å²) in [5, 5.41) is 60.2. The highest BCUT2D eigenvalue weighted by molar-refractivity contribution is 5.89. The number of aromatic hydroxyl groups is 3. The lowest BCUT2D eigenvalue weighted by Crippen LogP contribution is -2.46. The second kappa shape index (κ2) is 27.8. The number of phenolic OH excluding ortho intramolecular Hbond substituents is 3. The van der Waals surface area contributed by atoms with Crippen molar-refractivity contribution in [2.45, 2.75) is 203 Å². The Balaban J connectivity index is 0.823. The number of nitrogens with one attached hydrogen (secondary N) is 2. The number of hydrogen-bond donors (Lipinski definition) is 7. The summed E-state index contributed by atoms with van der Waals surface area (Å²) < 4.78 is 50.6. The molecule has 4 aromatic rings. The molecular formula is C58H78N2O14. The lowest BCUT2D eigenvalue weighted by Gasteiger charge is -2.38. The highest BCUT2D eigenvalue weighted by atomic mass is 16.7. The molecular weight excluding hydrogens is 949 g/mol. The van der Waals surface area contributed by atoms with Gasteiger partial charge >= 0.3 is 6.03 Å². The zero-order valence-electron chi connectivity index (χ0n) is 42.8. The second-order valence-corrected chi connectivity index (χ2v) is 20.5. The van der Waals surface area contributed by atoms with Crippen molar-refractivity contribution in [2.75, 3.05) is 11.9 Å². The first-order valence-electron chi connectivity index (χ1n) is 27.0. The van der Waals surface area contributed by atoms with E-state index in [-0.39, 0.29) is 78.7 Å². The Morgan fingerprint density at radius 2 is 0.919 bits per heavy atom. The zero-order valence-corrected chi connectivity index (χ0v) is 42.8. The minimum absolute atomic E-state index is 0.00559. The molecule has 0 radical (unpaired) electrons. The van der Waals surface area contributed by atoms with Crippen molar-refractivity contribution in [1.82, 2.24) is 5.32 Å². The molecule has 4 heterocycles. The number of amides is 2. The number of ether oxygens (including phenoxy) is 8. The summed E-state index contributed by atoms with van der Waals surface area (Å²) in [5.41, 5.74) is 2.42. The number of para-hydroxylation sites is 4. The first kappa shape index (κ1) is 55.4. The monoisotopic (exact) mass is 1030 g/mol. The fourth-order valence-corrected chi connectivity index (χ4v) is 10.7. The molecule has 16 heteroatoms. The Kier molecular flexibility index (Phi) is 20.8. The van der Waals surface area contributed by atoms with Crippen molar-refractivity contribution in [3.8, 4) is 17.2 Å². The fourth-order valence-electron chi connectivity index (χ4n) is 10.7. The van der Waals surface area contributed by atoms with E-state index in [1.165, 1.54) is 0 Å². The van der Waals surface area contributed by atoms with Gasteiger partial charge in [-0.2, -0.15) is 0 Å². The van der Waals surface area contributed by atoms with Crippen LogP contribution in [0.5, 0.6) is 17.2 Å². The molecule has 16 nitrogen and oxygen atoms in total. The molecule has 0 saturated carbocycles. The van der Waals surface area contributed by atoms with E-state index in [0.29, 0.717) is 93.0 Å². The summed E-state index contributed by atoms with van der Waals surface area (Å²) in [5.74, 6) is 0.350. The van der Waals surface area contributed by atoms with Gasteiger partial charge in [0.1, 0.15) is 17.2 Å². The number of aliphatic hydroxyl groups excluding tert-OH is 2. The van der Waals surface area contributed by atoms with Crippen LogP contribution in [0.15, 0.2) is 103 Å². The molecule has 404 valence electrons. The third-order valence-corrected chi connectivity index (χ3v) is 14.5. The van der Waals surface area contributed by atoms with Crippen LogP contribution in [0, 0.1) is 0 Å². The minimum Gasteiger partial charge on any atom is -0.507 e. The van der Waals surface area contributed by atoms with Gasteiger partial charge in [0.2, 0.25) is 0 Å². The van der Waals surface area contributed by atoms with E-state index >= 15 is 0 Å². The Labute approximate surface area is 435 Å². The lowest BCUT2D eigenvalue weighted by atomic mass is 9.95. The average Bonchev–Trinajstić information content (AvgIpc) is 3.38. The van der Waals surface area contributed by atoms with Gasteiger partial charge in [-0.05, 0) is 121 Å². The summed E-state index contributed by atoms with van der Waals surface area (Å²) >= 11 is 0. The smallest absolute Gasteiger partial charge is 0.319 e. The highest BCUT2D eigenvalue weighted by Crippen LogP contribution is 2.40. The van der Waals surface area contributed by atoms with E-state index in [4.69, 9.17) is 37.9 Å². The lowest BCUT2D eigenvalue weighted by molar-refractivity contribution is -0.253. The van der Waals surface area contributed by atoms with Crippen LogP contribution in [0.25, 0.3) is 0 Å². The molecule has 0 bridgehead atoms. The summed E-state index contributed by atoms with van der Waals surface area (Å²) in [6.45, 7) is 4.19. The maximum atomic E-state index is 12.9. The number of rotatable bonds is 23. The van der Waals surface area contributed by atoms with Gasteiger partial charge in [0.15, 0.2) is 25.2 Å². The van der Waals surface area contributed by atoms with Crippen LogP contribution < -0.4 is 10.6 Å². The van der Waals surface area contributed by atoms with Crippen molar-refractivity contribution in [3.63, 3.8) is 0 Å². The number of anilines is 1. The van der Waals surface area contributed by atoms with Crippen molar-refractivity contribution in [3.05, 3.63) is 120 Å². The molecule has 2 amide bonds. The number of carbonyl (C=O) groups is 1. The molecule has 8 rings (SSSR count). The molecule has 4 aromatic carbocycles. The van der Waals surface area contributed by atoms with Gasteiger partial charge in [-0.15, -0.1) is 0 Å². The third kappa shape index (κ3) is 16.6. The molecule has 7 N–H and O–H groups in total. The first-order chi connectivity index (χ1) is 35.9. The van der Waals surface area contributed by atoms with Crippen LogP contribution in [0.4, 0.5) is 10.5 Å². The molecule has 4 aliphatic rings. The van der Waals surface area contributed by atoms with Crippen LogP contribution in [-0.2, 0) is 37.9 Å². The normalized spacial score (nSPS) is 29.2. The SMILES string of the molecule is CCC1CC(CCCC2CC(CC(O)CCCC3CC(CCCC(O)CC4CC(C)OC(c5ccccc5O)O4)OC(c4ccccc4O)O3)OC(CNC(=O)Nc3ccccc3)O2)OC(c2ccccc2O)O1. The minimum atomic E-state index is -0.768. The standard InChI is InChI=1S/C58H78N2O14/c1-3-41-33-43(71-56(70-41)49-25-8-11-28-52(49)64)23-15-22-42-35-47(69-54(68-42)36-59-58(66)60-38-16-5-4-6-17-38)32-40(62)19-14-21-45-34-44(72-57(73-45)50-26-9-12-29-53(50)65)20-13-18-39(61)31-46-30-37(2)67-55(74-46)48-24-7-10-27-51(48)63/h4-12,16-17,24-29,37,39-47,54-57,61-65H,3,13-15,18-23,30-36H2,1-2H3,(H2,59,60,66). The van der Waals surface area contributed by atoms with Crippen LogP contribution in [0.1, 0.15) is 152 Å². The van der Waals surface area contributed by atoms with E-state index < -0.39 is 37.4 Å². The Morgan fingerprint density at radius 1 is 0.514 bits per heavy atom. The van der Waals surface area contributed by atoms with E-state index in [9.17, 15) is 30.3 Å². The van der Waals surface area contributed by atoms with Crippen LogP contribution in [0.3, 0.4) is 0 Å². The topological polar surface area (TPSA) is 216 Å². The van der Waals surface area contributed by atoms with E-state index in [1.807, 2.05) is 61.5 Å². The molecule has 14 unspecified atom stereocenters. The van der Waals surface area contributed by atoms with Gasteiger partial charge in [0, 0.05) is 41.6 Å². The van der Waals surface area contributed by atoms with Gasteiger partial charge in [-0.25, -0.2) is 4.79 Å². The summed E-state index contributed by atoms with van der Waals surface area (Å²) in [6.07, 6.45) is 5.01. The van der Waals surface area contributed by atoms with Gasteiger partial charge in [0.25, 0.3) is 0 Å². The third-order valence-electron chi connectivity index (χ3n) is 14.5. The summed E-state index contributed by atoms with van der Waals surface area (Å²) in [6, 6.07) is 29.9. The summed E-state index contributed by atoms with van der Waals surface area (Å²) in [4.78, 5) is 12.9. The largest absolute Gasteiger partial charge is 0.507 e. The molecule has 4 aliphatic heterocycles. The van der Waals surface area contributed by atoms with Crippen molar-refractivity contribution in [1.29, 1.82) is 0 Å². The number of hydrogen-bond acceptors (Lipinski definition) is 14. The predicted molar refractivity (Wildman–Crippen MR) is 276 cm³/mol. The number of benzene rings is 4. The number of urea groups is 1. The van der Waals surface area contributed by atoms with Crippen molar-refractivity contribution in [2.24, 2.45) is 0 Å². The first-order valence-corrected chi connectivity index (χ1v) is 27.0. The molecule has 74 heavy (non-hydrogen) atoms. The van der Waals surface area contributed by atoms with Gasteiger partial charge in [-0.3, -0.25) is 0 Å². The predicted octanol–water partition coefficient (Wildman–Crippen LogP) is 10.5. The number of phenols is 3.